The lowest BCUT2D eigenvalue weighted by Crippen LogP contribution is -2.46. The summed E-state index contributed by atoms with van der Waals surface area (Å²) < 4.78 is 5.06. The molecule has 0 amide bonds. The SMILES string of the molecule is CCNC(=NCCCN1CCN(c2ccccc2)CC1)NCCOC. The average Bonchev–Trinajstić information content (AvgIpc) is 2.66. The lowest BCUT2D eigenvalue weighted by molar-refractivity contribution is 0.203. The Morgan fingerprint density at radius 3 is 2.56 bits per heavy atom. The summed E-state index contributed by atoms with van der Waals surface area (Å²) in [7, 11) is 1.71. The topological polar surface area (TPSA) is 52.1 Å². The van der Waals surface area contributed by atoms with E-state index in [1.54, 1.807) is 7.11 Å². The summed E-state index contributed by atoms with van der Waals surface area (Å²) in [5.41, 5.74) is 1.34. The van der Waals surface area contributed by atoms with Crippen molar-refractivity contribution < 1.29 is 4.74 Å². The van der Waals surface area contributed by atoms with Crippen molar-refractivity contribution in [1.29, 1.82) is 0 Å². The van der Waals surface area contributed by atoms with Crippen LogP contribution in [0.4, 0.5) is 5.69 Å². The highest BCUT2D eigenvalue weighted by Crippen LogP contribution is 2.15. The van der Waals surface area contributed by atoms with Crippen LogP contribution in [-0.2, 0) is 4.74 Å². The number of benzene rings is 1. The number of aliphatic imine (C=N–C) groups is 1. The number of piperazine rings is 1. The number of hydrogen-bond donors (Lipinski definition) is 2. The molecule has 0 radical (unpaired) electrons. The van der Waals surface area contributed by atoms with E-state index < -0.39 is 0 Å². The molecule has 0 saturated carbocycles. The molecule has 1 aromatic carbocycles. The third-order valence-corrected chi connectivity index (χ3v) is 4.34. The molecule has 1 fully saturated rings. The van der Waals surface area contributed by atoms with Crippen molar-refractivity contribution in [3.63, 3.8) is 0 Å². The molecule has 6 nitrogen and oxygen atoms in total. The van der Waals surface area contributed by atoms with Crippen molar-refractivity contribution in [2.45, 2.75) is 13.3 Å². The van der Waals surface area contributed by atoms with Crippen LogP contribution < -0.4 is 15.5 Å². The van der Waals surface area contributed by atoms with E-state index in [9.17, 15) is 0 Å². The molecule has 1 heterocycles. The van der Waals surface area contributed by atoms with Crippen LogP contribution in [0.2, 0.25) is 0 Å². The summed E-state index contributed by atoms with van der Waals surface area (Å²) in [5, 5.41) is 6.54. The highest BCUT2D eigenvalue weighted by molar-refractivity contribution is 5.79. The first-order valence-corrected chi connectivity index (χ1v) is 9.37. The molecular formula is C19H33N5O. The lowest BCUT2D eigenvalue weighted by atomic mass is 10.2. The molecule has 1 aliphatic heterocycles. The fourth-order valence-electron chi connectivity index (χ4n) is 2.97. The van der Waals surface area contributed by atoms with Crippen molar-refractivity contribution in [3.8, 4) is 0 Å². The van der Waals surface area contributed by atoms with Gasteiger partial charge in [-0.15, -0.1) is 0 Å². The third-order valence-electron chi connectivity index (χ3n) is 4.34. The summed E-state index contributed by atoms with van der Waals surface area (Å²) in [6.45, 7) is 10.9. The standard InChI is InChI=1S/C19H33N5O/c1-3-20-19(22-11-17-25-2)21-10-7-12-23-13-15-24(16-14-23)18-8-5-4-6-9-18/h4-6,8-9H,3,7,10-17H2,1-2H3,(H2,20,21,22). The normalized spacial score (nSPS) is 16.1. The predicted molar refractivity (Wildman–Crippen MR) is 106 cm³/mol. The van der Waals surface area contributed by atoms with E-state index in [4.69, 9.17) is 4.74 Å². The van der Waals surface area contributed by atoms with E-state index >= 15 is 0 Å². The Hall–Kier alpha value is -1.79. The molecule has 0 bridgehead atoms. The van der Waals surface area contributed by atoms with Gasteiger partial charge < -0.3 is 20.3 Å². The minimum Gasteiger partial charge on any atom is -0.383 e. The first kappa shape index (κ1) is 19.5. The van der Waals surface area contributed by atoms with Crippen LogP contribution in [0.25, 0.3) is 0 Å². The summed E-state index contributed by atoms with van der Waals surface area (Å²) in [4.78, 5) is 9.65. The zero-order chi connectivity index (χ0) is 17.7. The van der Waals surface area contributed by atoms with Crippen LogP contribution in [0.5, 0.6) is 0 Å². The summed E-state index contributed by atoms with van der Waals surface area (Å²) in [5.74, 6) is 0.883. The van der Waals surface area contributed by atoms with Gasteiger partial charge >= 0.3 is 0 Å². The van der Waals surface area contributed by atoms with Crippen LogP contribution in [0.15, 0.2) is 35.3 Å². The first-order valence-electron chi connectivity index (χ1n) is 9.37. The summed E-state index contributed by atoms with van der Waals surface area (Å²) in [6.07, 6.45) is 1.09. The number of para-hydroxylation sites is 1. The van der Waals surface area contributed by atoms with Gasteiger partial charge in [0.15, 0.2) is 5.96 Å². The predicted octanol–water partition coefficient (Wildman–Crippen LogP) is 1.40. The number of guanidine groups is 1. The fraction of sp³-hybridized carbons (Fsp3) is 0.632. The summed E-state index contributed by atoms with van der Waals surface area (Å²) >= 11 is 0. The smallest absolute Gasteiger partial charge is 0.191 e. The van der Waals surface area contributed by atoms with Gasteiger partial charge in [0, 0.05) is 65.2 Å². The highest BCUT2D eigenvalue weighted by atomic mass is 16.5. The molecule has 0 aromatic heterocycles. The molecule has 25 heavy (non-hydrogen) atoms. The number of nitrogens with one attached hydrogen (secondary N) is 2. The van der Waals surface area contributed by atoms with Crippen molar-refractivity contribution in [3.05, 3.63) is 30.3 Å². The molecule has 0 unspecified atom stereocenters. The molecule has 2 N–H and O–H groups in total. The van der Waals surface area contributed by atoms with Gasteiger partial charge in [0.2, 0.25) is 0 Å². The molecule has 0 spiro atoms. The molecule has 1 saturated heterocycles. The number of ether oxygens (including phenoxy) is 1. The van der Waals surface area contributed by atoms with Gasteiger partial charge in [0.05, 0.1) is 6.61 Å². The zero-order valence-corrected chi connectivity index (χ0v) is 15.7. The Balaban J connectivity index is 1.64. The fourth-order valence-corrected chi connectivity index (χ4v) is 2.97. The van der Waals surface area contributed by atoms with E-state index in [2.05, 4.69) is 62.7 Å². The van der Waals surface area contributed by atoms with Crippen molar-refractivity contribution in [2.75, 3.05) is 71.0 Å². The molecule has 1 aromatic rings. The van der Waals surface area contributed by atoms with Gasteiger partial charge in [-0.1, -0.05) is 18.2 Å². The maximum absolute atomic E-state index is 5.06. The van der Waals surface area contributed by atoms with Crippen molar-refractivity contribution in [1.82, 2.24) is 15.5 Å². The van der Waals surface area contributed by atoms with Crippen molar-refractivity contribution >= 4 is 11.6 Å². The van der Waals surface area contributed by atoms with E-state index in [0.717, 1.165) is 64.7 Å². The van der Waals surface area contributed by atoms with Gasteiger partial charge in [-0.2, -0.15) is 0 Å². The number of methoxy groups -OCH3 is 1. The third kappa shape index (κ3) is 7.32. The molecule has 1 aliphatic rings. The van der Waals surface area contributed by atoms with Crippen LogP contribution >= 0.6 is 0 Å². The Morgan fingerprint density at radius 1 is 1.12 bits per heavy atom. The molecule has 140 valence electrons. The summed E-state index contributed by atoms with van der Waals surface area (Å²) in [6, 6.07) is 10.7. The number of hydrogen-bond acceptors (Lipinski definition) is 4. The number of anilines is 1. The van der Waals surface area contributed by atoms with E-state index in [1.165, 1.54) is 5.69 Å². The average molecular weight is 348 g/mol. The van der Waals surface area contributed by atoms with Gasteiger partial charge in [-0.25, -0.2) is 0 Å². The quantitative estimate of drug-likeness (QED) is 0.402. The Morgan fingerprint density at radius 2 is 1.88 bits per heavy atom. The minimum atomic E-state index is 0.691. The Kier molecular flexibility index (Phi) is 9.15. The number of nitrogens with zero attached hydrogens (tertiary/aromatic N) is 3. The van der Waals surface area contributed by atoms with E-state index in [-0.39, 0.29) is 0 Å². The maximum Gasteiger partial charge on any atom is 0.191 e. The lowest BCUT2D eigenvalue weighted by Gasteiger charge is -2.36. The van der Waals surface area contributed by atoms with Crippen molar-refractivity contribution in [2.24, 2.45) is 4.99 Å². The van der Waals surface area contributed by atoms with Gasteiger partial charge in [0.1, 0.15) is 0 Å². The highest BCUT2D eigenvalue weighted by Gasteiger charge is 2.16. The largest absolute Gasteiger partial charge is 0.383 e. The molecule has 6 heteroatoms. The maximum atomic E-state index is 5.06. The second-order valence-electron chi connectivity index (χ2n) is 6.20. The van der Waals surface area contributed by atoms with Crippen LogP contribution in [-0.4, -0.2) is 76.9 Å². The first-order chi connectivity index (χ1) is 12.3. The number of rotatable bonds is 9. The van der Waals surface area contributed by atoms with Gasteiger partial charge in [0.25, 0.3) is 0 Å². The second-order valence-corrected chi connectivity index (χ2v) is 6.20. The van der Waals surface area contributed by atoms with Crippen LogP contribution in [0.3, 0.4) is 0 Å². The van der Waals surface area contributed by atoms with Crippen LogP contribution in [0.1, 0.15) is 13.3 Å². The van der Waals surface area contributed by atoms with E-state index in [1.807, 2.05) is 0 Å². The molecule has 0 atom stereocenters. The Labute approximate surface area is 152 Å². The van der Waals surface area contributed by atoms with E-state index in [0.29, 0.717) is 6.61 Å². The second kappa shape index (κ2) is 11.7. The molecule has 2 rings (SSSR count). The monoisotopic (exact) mass is 347 g/mol. The van der Waals surface area contributed by atoms with Gasteiger partial charge in [-0.3, -0.25) is 9.89 Å². The van der Waals surface area contributed by atoms with Crippen LogP contribution in [0, 0.1) is 0 Å². The zero-order valence-electron chi connectivity index (χ0n) is 15.7. The molecule has 0 aliphatic carbocycles. The van der Waals surface area contributed by atoms with Gasteiger partial charge in [-0.05, 0) is 25.5 Å². The molecular weight excluding hydrogens is 314 g/mol. The Bertz CT molecular complexity index is 486. The minimum absolute atomic E-state index is 0.691.